The quantitative estimate of drug-likeness (QED) is 0.235. The van der Waals surface area contributed by atoms with E-state index in [-0.39, 0.29) is 29.7 Å². The van der Waals surface area contributed by atoms with Crippen molar-refractivity contribution >= 4 is 41.0 Å². The Bertz CT molecular complexity index is 1470. The number of carbonyl (C=O) groups is 2. The predicted molar refractivity (Wildman–Crippen MR) is 158 cm³/mol. The highest BCUT2D eigenvalue weighted by Gasteiger charge is 2.33. The summed E-state index contributed by atoms with van der Waals surface area (Å²) in [6.45, 7) is 4.34. The van der Waals surface area contributed by atoms with E-state index in [1.807, 2.05) is 37.3 Å². The van der Waals surface area contributed by atoms with E-state index in [0.717, 1.165) is 23.4 Å². The summed E-state index contributed by atoms with van der Waals surface area (Å²) in [7, 11) is 0. The minimum Gasteiger partial charge on any atom is -0.462 e. The monoisotopic (exact) mass is 533 g/mol. The van der Waals surface area contributed by atoms with Crippen molar-refractivity contribution in [3.8, 4) is 0 Å². The van der Waals surface area contributed by atoms with Gasteiger partial charge in [-0.25, -0.2) is 4.79 Å². The molecule has 1 fully saturated rings. The summed E-state index contributed by atoms with van der Waals surface area (Å²) < 4.78 is 10.9. The van der Waals surface area contributed by atoms with Gasteiger partial charge in [-0.15, -0.1) is 0 Å². The first-order valence-corrected chi connectivity index (χ1v) is 13.4. The number of anilines is 2. The fraction of sp³-hybridized carbons (Fsp3) is 0.182. The van der Waals surface area contributed by atoms with Crippen molar-refractivity contribution in [3.05, 3.63) is 120 Å². The molecule has 1 saturated heterocycles. The van der Waals surface area contributed by atoms with Gasteiger partial charge in [0.2, 0.25) is 0 Å². The number of aliphatic imine (C=N–C) groups is 1. The van der Waals surface area contributed by atoms with Gasteiger partial charge in [-0.3, -0.25) is 9.69 Å². The summed E-state index contributed by atoms with van der Waals surface area (Å²) in [5.41, 5.74) is 4.01. The zero-order chi connectivity index (χ0) is 27.9. The molecule has 0 saturated carbocycles. The molecule has 7 nitrogen and oxygen atoms in total. The lowest BCUT2D eigenvalue weighted by atomic mass is 10.0. The molecule has 3 aromatic carbocycles. The molecule has 0 bridgehead atoms. The number of para-hydroxylation sites is 1. The Hall–Kier alpha value is -4.91. The molecular formula is C33H31N3O4. The highest BCUT2D eigenvalue weighted by atomic mass is 16.5. The van der Waals surface area contributed by atoms with Crippen LogP contribution in [0.5, 0.6) is 0 Å². The third kappa shape index (κ3) is 5.89. The molecule has 0 aromatic heterocycles. The molecule has 1 amide bonds. The summed E-state index contributed by atoms with van der Waals surface area (Å²) >= 11 is 0. The number of amides is 1. The van der Waals surface area contributed by atoms with E-state index in [2.05, 4.69) is 58.5 Å². The van der Waals surface area contributed by atoms with Crippen LogP contribution in [0.15, 0.2) is 114 Å². The summed E-state index contributed by atoms with van der Waals surface area (Å²) in [5, 5.41) is 0. The molecule has 0 spiro atoms. The van der Waals surface area contributed by atoms with Gasteiger partial charge in [0.1, 0.15) is 0 Å². The lowest BCUT2D eigenvalue weighted by molar-refractivity contribution is -0.122. The molecule has 202 valence electrons. The standard InChI is InChI=1S/C33H31N3O4/c1-3-35-31(37)30(40-33(35)34-26-19-17-25(18-20-26)32(38)39-4-2)23-24-15-21-29(22-16-24)36(27-11-7-5-8-12-27)28-13-9-6-10-14-28/h5-13,15-23,28H,3-4,14H2,1-2H3/b30-23+,34-33?. The molecule has 0 N–H and O–H groups in total. The molecule has 3 aromatic rings. The maximum absolute atomic E-state index is 13.1. The number of rotatable bonds is 8. The summed E-state index contributed by atoms with van der Waals surface area (Å²) in [6, 6.07) is 25.5. The van der Waals surface area contributed by atoms with Crippen LogP contribution < -0.4 is 4.90 Å². The van der Waals surface area contributed by atoms with Crippen LogP contribution in [0.2, 0.25) is 0 Å². The number of hydrogen-bond donors (Lipinski definition) is 0. The number of allylic oxidation sites excluding steroid dienone is 2. The predicted octanol–water partition coefficient (Wildman–Crippen LogP) is 6.79. The topological polar surface area (TPSA) is 71.4 Å². The van der Waals surface area contributed by atoms with Gasteiger partial charge in [0, 0.05) is 17.9 Å². The van der Waals surface area contributed by atoms with Crippen LogP contribution in [0.3, 0.4) is 0 Å². The molecule has 1 atom stereocenters. The Morgan fingerprint density at radius 2 is 1.73 bits per heavy atom. The van der Waals surface area contributed by atoms with Crippen LogP contribution in [-0.2, 0) is 14.3 Å². The third-order valence-corrected chi connectivity index (χ3v) is 6.60. The van der Waals surface area contributed by atoms with Gasteiger partial charge < -0.3 is 14.4 Å². The molecule has 1 aliphatic carbocycles. The Labute approximate surface area is 234 Å². The Kier molecular flexibility index (Phi) is 8.21. The van der Waals surface area contributed by atoms with Crippen LogP contribution in [0.1, 0.15) is 36.2 Å². The normalized spacial score (nSPS) is 18.3. The number of nitrogens with zero attached hydrogens (tertiary/aromatic N) is 3. The Morgan fingerprint density at radius 1 is 1.00 bits per heavy atom. The minimum absolute atomic E-state index is 0.201. The highest BCUT2D eigenvalue weighted by Crippen LogP contribution is 2.31. The van der Waals surface area contributed by atoms with Gasteiger partial charge in [0.25, 0.3) is 5.91 Å². The molecule has 5 rings (SSSR count). The van der Waals surface area contributed by atoms with Crippen LogP contribution in [0, 0.1) is 0 Å². The van der Waals surface area contributed by atoms with Crippen molar-refractivity contribution in [2.45, 2.75) is 26.3 Å². The summed E-state index contributed by atoms with van der Waals surface area (Å²) in [5.74, 6) is -0.436. The number of carbonyl (C=O) groups excluding carboxylic acids is 2. The highest BCUT2D eigenvalue weighted by molar-refractivity contribution is 6.11. The van der Waals surface area contributed by atoms with Crippen molar-refractivity contribution in [2.24, 2.45) is 4.99 Å². The van der Waals surface area contributed by atoms with E-state index in [4.69, 9.17) is 9.47 Å². The smallest absolute Gasteiger partial charge is 0.338 e. The molecule has 1 unspecified atom stereocenters. The number of benzene rings is 3. The second-order valence-electron chi connectivity index (χ2n) is 9.23. The van der Waals surface area contributed by atoms with Gasteiger partial charge in [0.05, 0.1) is 23.9 Å². The van der Waals surface area contributed by atoms with Gasteiger partial charge in [-0.05, 0) is 80.4 Å². The van der Waals surface area contributed by atoms with Gasteiger partial charge in [0.15, 0.2) is 5.76 Å². The SMILES string of the molecule is CCOC(=O)c1ccc(N=C2O/C(=C/c3ccc(N(c4ccccc4)C4C=CC=CC4)cc3)C(=O)N2CC)cc1. The molecule has 40 heavy (non-hydrogen) atoms. The number of amidine groups is 1. The van der Waals surface area contributed by atoms with Gasteiger partial charge >= 0.3 is 12.0 Å². The zero-order valence-corrected chi connectivity index (χ0v) is 22.6. The average molecular weight is 534 g/mol. The summed E-state index contributed by atoms with van der Waals surface area (Å²) in [4.78, 5) is 33.3. The Morgan fingerprint density at radius 3 is 2.38 bits per heavy atom. The van der Waals surface area contributed by atoms with Crippen molar-refractivity contribution < 1.29 is 19.1 Å². The van der Waals surface area contributed by atoms with Crippen LogP contribution in [0.4, 0.5) is 17.1 Å². The lowest BCUT2D eigenvalue weighted by Crippen LogP contribution is -2.29. The fourth-order valence-corrected chi connectivity index (χ4v) is 4.63. The van der Waals surface area contributed by atoms with Crippen LogP contribution in [0.25, 0.3) is 6.08 Å². The third-order valence-electron chi connectivity index (χ3n) is 6.60. The molecule has 1 aliphatic heterocycles. The average Bonchev–Trinajstić information content (AvgIpc) is 3.28. The maximum atomic E-state index is 13.1. The number of hydrogen-bond acceptors (Lipinski definition) is 6. The molecular weight excluding hydrogens is 502 g/mol. The van der Waals surface area contributed by atoms with E-state index >= 15 is 0 Å². The fourth-order valence-electron chi connectivity index (χ4n) is 4.63. The minimum atomic E-state index is -0.389. The van der Waals surface area contributed by atoms with Crippen LogP contribution >= 0.6 is 0 Å². The second-order valence-corrected chi connectivity index (χ2v) is 9.23. The van der Waals surface area contributed by atoms with Crippen molar-refractivity contribution in [1.82, 2.24) is 4.90 Å². The van der Waals surface area contributed by atoms with Crippen LogP contribution in [-0.4, -0.2) is 42.0 Å². The maximum Gasteiger partial charge on any atom is 0.338 e. The van der Waals surface area contributed by atoms with E-state index < -0.39 is 0 Å². The number of ether oxygens (including phenoxy) is 2. The van der Waals surface area contributed by atoms with E-state index in [1.165, 1.54) is 4.90 Å². The second kappa shape index (κ2) is 12.3. The zero-order valence-electron chi connectivity index (χ0n) is 22.6. The molecule has 7 heteroatoms. The molecule has 1 heterocycles. The number of esters is 1. The van der Waals surface area contributed by atoms with Crippen molar-refractivity contribution in [2.75, 3.05) is 18.1 Å². The molecule has 0 radical (unpaired) electrons. The van der Waals surface area contributed by atoms with E-state index in [1.54, 1.807) is 37.3 Å². The largest absolute Gasteiger partial charge is 0.462 e. The first-order valence-electron chi connectivity index (χ1n) is 13.4. The van der Waals surface area contributed by atoms with Crippen molar-refractivity contribution in [3.63, 3.8) is 0 Å². The van der Waals surface area contributed by atoms with E-state index in [9.17, 15) is 9.59 Å². The van der Waals surface area contributed by atoms with Gasteiger partial charge in [-0.1, -0.05) is 54.6 Å². The van der Waals surface area contributed by atoms with Crippen molar-refractivity contribution in [1.29, 1.82) is 0 Å². The van der Waals surface area contributed by atoms with E-state index in [0.29, 0.717) is 24.4 Å². The number of likely N-dealkylation sites (N-methyl/N-ethyl adjacent to an activating group) is 1. The van der Waals surface area contributed by atoms with Gasteiger partial charge in [-0.2, -0.15) is 4.99 Å². The summed E-state index contributed by atoms with van der Waals surface area (Å²) in [6.07, 6.45) is 11.2. The lowest BCUT2D eigenvalue weighted by Gasteiger charge is -2.32. The first kappa shape index (κ1) is 26.7. The molecule has 2 aliphatic rings. The first-order chi connectivity index (χ1) is 19.6. The Balaban J connectivity index is 1.36.